The van der Waals surface area contributed by atoms with Crippen LogP contribution in [0.4, 0.5) is 0 Å². The van der Waals surface area contributed by atoms with Gasteiger partial charge in [0.1, 0.15) is 5.75 Å². The highest BCUT2D eigenvalue weighted by molar-refractivity contribution is 6.01. The predicted molar refractivity (Wildman–Crippen MR) is 60.3 cm³/mol. The van der Waals surface area contributed by atoms with Crippen molar-refractivity contribution in [2.45, 2.75) is 6.92 Å². The normalized spacial score (nSPS) is 10.0. The molecular formula is C13H9NO2. The van der Waals surface area contributed by atoms with Gasteiger partial charge in [-0.25, -0.2) is 0 Å². The smallest absolute Gasteiger partial charge is 0.163 e. The second-order valence-electron chi connectivity index (χ2n) is 3.60. The first-order chi connectivity index (χ1) is 7.61. The average molecular weight is 211 g/mol. The van der Waals surface area contributed by atoms with Crippen molar-refractivity contribution in [1.82, 2.24) is 0 Å². The SMILES string of the molecule is CC(=O)c1cc2cc(C#N)ccc2cc1O. The van der Waals surface area contributed by atoms with Crippen LogP contribution in [0.1, 0.15) is 22.8 Å². The van der Waals surface area contributed by atoms with Crippen LogP contribution in [0.25, 0.3) is 10.8 Å². The van der Waals surface area contributed by atoms with Crippen LogP contribution in [0.15, 0.2) is 30.3 Å². The Morgan fingerprint density at radius 3 is 2.62 bits per heavy atom. The summed E-state index contributed by atoms with van der Waals surface area (Å²) < 4.78 is 0. The minimum Gasteiger partial charge on any atom is -0.507 e. The predicted octanol–water partition coefficient (Wildman–Crippen LogP) is 2.62. The third-order valence-corrected chi connectivity index (χ3v) is 2.46. The zero-order valence-corrected chi connectivity index (χ0v) is 8.69. The van der Waals surface area contributed by atoms with E-state index in [4.69, 9.17) is 5.26 Å². The largest absolute Gasteiger partial charge is 0.507 e. The van der Waals surface area contributed by atoms with Crippen molar-refractivity contribution >= 4 is 16.6 Å². The van der Waals surface area contributed by atoms with Crippen molar-refractivity contribution < 1.29 is 9.90 Å². The van der Waals surface area contributed by atoms with Gasteiger partial charge in [0.05, 0.1) is 17.2 Å². The molecule has 0 unspecified atom stereocenters. The van der Waals surface area contributed by atoms with Gasteiger partial charge in [-0.05, 0) is 42.0 Å². The molecule has 0 aliphatic rings. The molecule has 78 valence electrons. The lowest BCUT2D eigenvalue weighted by Gasteiger charge is -2.04. The van der Waals surface area contributed by atoms with Gasteiger partial charge in [-0.2, -0.15) is 5.26 Å². The van der Waals surface area contributed by atoms with Crippen LogP contribution >= 0.6 is 0 Å². The number of phenolic OH excluding ortho intramolecular Hbond substituents is 1. The maximum absolute atomic E-state index is 11.2. The molecule has 2 aromatic carbocycles. The zero-order valence-electron chi connectivity index (χ0n) is 8.69. The van der Waals surface area contributed by atoms with E-state index in [1.165, 1.54) is 13.0 Å². The molecule has 3 heteroatoms. The van der Waals surface area contributed by atoms with Gasteiger partial charge in [-0.3, -0.25) is 4.79 Å². The van der Waals surface area contributed by atoms with Gasteiger partial charge < -0.3 is 5.11 Å². The number of carbonyl (C=O) groups excluding carboxylic acids is 1. The summed E-state index contributed by atoms with van der Waals surface area (Å²) in [5.41, 5.74) is 0.815. The van der Waals surface area contributed by atoms with E-state index in [2.05, 4.69) is 0 Å². The number of rotatable bonds is 1. The number of carbonyl (C=O) groups is 1. The van der Waals surface area contributed by atoms with Gasteiger partial charge in [-0.1, -0.05) is 6.07 Å². The third kappa shape index (κ3) is 1.61. The number of nitrogens with zero attached hydrogens (tertiary/aromatic N) is 1. The molecule has 2 rings (SSSR count). The molecule has 0 fully saturated rings. The molecular weight excluding hydrogens is 202 g/mol. The van der Waals surface area contributed by atoms with Gasteiger partial charge in [0, 0.05) is 0 Å². The van der Waals surface area contributed by atoms with Gasteiger partial charge in [0.15, 0.2) is 5.78 Å². The Morgan fingerprint density at radius 1 is 1.25 bits per heavy atom. The summed E-state index contributed by atoms with van der Waals surface area (Å²) in [7, 11) is 0. The van der Waals surface area contributed by atoms with Crippen LogP contribution in [-0.4, -0.2) is 10.9 Å². The quantitative estimate of drug-likeness (QED) is 0.737. The topological polar surface area (TPSA) is 61.1 Å². The lowest BCUT2D eigenvalue weighted by Crippen LogP contribution is -1.92. The van der Waals surface area contributed by atoms with E-state index in [0.717, 1.165) is 10.8 Å². The van der Waals surface area contributed by atoms with Crippen LogP contribution in [0.3, 0.4) is 0 Å². The van der Waals surface area contributed by atoms with Gasteiger partial charge in [0.2, 0.25) is 0 Å². The number of phenols is 1. The summed E-state index contributed by atoms with van der Waals surface area (Å²) in [4.78, 5) is 11.2. The molecule has 0 saturated carbocycles. The van der Waals surface area contributed by atoms with E-state index < -0.39 is 0 Å². The molecule has 3 nitrogen and oxygen atoms in total. The first-order valence-electron chi connectivity index (χ1n) is 4.79. The molecule has 0 bridgehead atoms. The number of Topliss-reactive ketones (excluding diaryl/α,β-unsaturated/α-hetero) is 1. The van der Waals surface area contributed by atoms with Crippen molar-refractivity contribution in [3.8, 4) is 11.8 Å². The lowest BCUT2D eigenvalue weighted by atomic mass is 10.0. The molecule has 0 atom stereocenters. The van der Waals surface area contributed by atoms with Crippen molar-refractivity contribution in [3.05, 3.63) is 41.5 Å². The summed E-state index contributed by atoms with van der Waals surface area (Å²) in [5.74, 6) is -0.216. The molecule has 16 heavy (non-hydrogen) atoms. The number of hydrogen-bond acceptors (Lipinski definition) is 3. The molecule has 0 aliphatic heterocycles. The highest BCUT2D eigenvalue weighted by Gasteiger charge is 2.08. The van der Waals surface area contributed by atoms with Gasteiger partial charge in [0.25, 0.3) is 0 Å². The van der Waals surface area contributed by atoms with Crippen molar-refractivity contribution in [2.75, 3.05) is 0 Å². The highest BCUT2D eigenvalue weighted by atomic mass is 16.3. The van der Waals surface area contributed by atoms with Crippen molar-refractivity contribution in [1.29, 1.82) is 5.26 Å². The fourth-order valence-corrected chi connectivity index (χ4v) is 1.64. The molecule has 1 N–H and O–H groups in total. The van der Waals surface area contributed by atoms with Crippen LogP contribution in [0, 0.1) is 11.3 Å². The van der Waals surface area contributed by atoms with Crippen molar-refractivity contribution in [3.63, 3.8) is 0 Å². The van der Waals surface area contributed by atoms with Gasteiger partial charge in [-0.15, -0.1) is 0 Å². The first kappa shape index (κ1) is 10.2. The Kier molecular flexibility index (Phi) is 2.34. The molecule has 0 spiro atoms. The Bertz CT molecular complexity index is 624. The van der Waals surface area contributed by atoms with E-state index in [1.54, 1.807) is 24.3 Å². The van der Waals surface area contributed by atoms with Crippen LogP contribution in [-0.2, 0) is 0 Å². The number of aromatic hydroxyl groups is 1. The fourth-order valence-electron chi connectivity index (χ4n) is 1.64. The number of fused-ring (bicyclic) bond motifs is 1. The number of benzene rings is 2. The van der Waals surface area contributed by atoms with E-state index in [1.807, 2.05) is 6.07 Å². The Hall–Kier alpha value is -2.34. The highest BCUT2D eigenvalue weighted by Crippen LogP contribution is 2.26. The Morgan fingerprint density at radius 2 is 2.00 bits per heavy atom. The minimum absolute atomic E-state index is 0.0234. The summed E-state index contributed by atoms with van der Waals surface area (Å²) in [6.45, 7) is 1.40. The van der Waals surface area contributed by atoms with Crippen LogP contribution in [0.2, 0.25) is 0 Å². The van der Waals surface area contributed by atoms with Crippen LogP contribution in [0.5, 0.6) is 5.75 Å². The molecule has 0 aromatic heterocycles. The summed E-state index contributed by atoms with van der Waals surface area (Å²) in [6.07, 6.45) is 0. The summed E-state index contributed by atoms with van der Waals surface area (Å²) in [6, 6.07) is 10.3. The second kappa shape index (κ2) is 3.67. The van der Waals surface area contributed by atoms with Crippen molar-refractivity contribution in [2.24, 2.45) is 0 Å². The Labute approximate surface area is 92.6 Å². The number of ketones is 1. The maximum atomic E-state index is 11.2. The first-order valence-corrected chi connectivity index (χ1v) is 4.79. The van der Waals surface area contributed by atoms with E-state index in [-0.39, 0.29) is 17.1 Å². The summed E-state index contributed by atoms with van der Waals surface area (Å²) in [5, 5.41) is 20.0. The van der Waals surface area contributed by atoms with E-state index >= 15 is 0 Å². The number of nitriles is 1. The summed E-state index contributed by atoms with van der Waals surface area (Å²) >= 11 is 0. The lowest BCUT2D eigenvalue weighted by molar-refractivity contribution is 0.101. The second-order valence-corrected chi connectivity index (χ2v) is 3.60. The fraction of sp³-hybridized carbons (Fsp3) is 0.0769. The average Bonchev–Trinajstić information content (AvgIpc) is 2.27. The standard InChI is InChI=1S/C13H9NO2/c1-8(15)12-5-11-4-9(7-14)2-3-10(11)6-13(12)16/h2-6,16H,1H3. The van der Waals surface area contributed by atoms with E-state index in [0.29, 0.717) is 5.56 Å². The van der Waals surface area contributed by atoms with Crippen LogP contribution < -0.4 is 0 Å². The van der Waals surface area contributed by atoms with Gasteiger partial charge >= 0.3 is 0 Å². The third-order valence-electron chi connectivity index (χ3n) is 2.46. The Balaban J connectivity index is 2.76. The zero-order chi connectivity index (χ0) is 11.7. The molecule has 0 amide bonds. The molecule has 0 radical (unpaired) electrons. The molecule has 0 saturated heterocycles. The number of hydrogen-bond donors (Lipinski definition) is 1. The monoisotopic (exact) mass is 211 g/mol. The maximum Gasteiger partial charge on any atom is 0.163 e. The van der Waals surface area contributed by atoms with E-state index in [9.17, 15) is 9.90 Å². The molecule has 2 aromatic rings. The molecule has 0 aliphatic carbocycles. The molecule has 0 heterocycles. The minimum atomic E-state index is -0.193.